The van der Waals surface area contributed by atoms with Crippen molar-refractivity contribution < 1.29 is 19.4 Å². The highest BCUT2D eigenvalue weighted by Crippen LogP contribution is 2.35. The SMILES string of the molecule is CCOc1ccccc1N1C(=O)C(Cl)=C(Nc2cccc(O)c2)C1=O. The molecule has 1 aliphatic rings. The average molecular weight is 359 g/mol. The van der Waals surface area contributed by atoms with E-state index < -0.39 is 11.8 Å². The van der Waals surface area contributed by atoms with Gasteiger partial charge in [0.1, 0.15) is 22.2 Å². The van der Waals surface area contributed by atoms with Gasteiger partial charge in [-0.15, -0.1) is 0 Å². The topological polar surface area (TPSA) is 78.9 Å². The van der Waals surface area contributed by atoms with Gasteiger partial charge in [-0.2, -0.15) is 0 Å². The number of rotatable bonds is 5. The molecule has 2 N–H and O–H groups in total. The van der Waals surface area contributed by atoms with Gasteiger partial charge in [-0.3, -0.25) is 9.59 Å². The van der Waals surface area contributed by atoms with E-state index >= 15 is 0 Å². The van der Waals surface area contributed by atoms with E-state index in [1.165, 1.54) is 12.1 Å². The van der Waals surface area contributed by atoms with Crippen LogP contribution < -0.4 is 15.0 Å². The lowest BCUT2D eigenvalue weighted by molar-refractivity contribution is -0.120. The Morgan fingerprint density at radius 3 is 2.60 bits per heavy atom. The first-order chi connectivity index (χ1) is 12.0. The van der Waals surface area contributed by atoms with E-state index in [0.717, 1.165) is 4.90 Å². The molecule has 2 aromatic carbocycles. The molecule has 0 bridgehead atoms. The van der Waals surface area contributed by atoms with Crippen molar-refractivity contribution in [1.29, 1.82) is 0 Å². The Morgan fingerprint density at radius 2 is 1.88 bits per heavy atom. The number of phenolic OH excluding ortho intramolecular Hbond substituents is 1. The highest BCUT2D eigenvalue weighted by molar-refractivity contribution is 6.53. The first kappa shape index (κ1) is 16.9. The van der Waals surface area contributed by atoms with E-state index in [9.17, 15) is 14.7 Å². The lowest BCUT2D eigenvalue weighted by atomic mass is 10.2. The number of carbonyl (C=O) groups is 2. The number of hydrogen-bond donors (Lipinski definition) is 2. The summed E-state index contributed by atoms with van der Waals surface area (Å²) in [5, 5.41) is 12.1. The molecule has 0 saturated carbocycles. The van der Waals surface area contributed by atoms with Crippen molar-refractivity contribution in [2.75, 3.05) is 16.8 Å². The van der Waals surface area contributed by atoms with Crippen molar-refractivity contribution >= 4 is 34.8 Å². The molecule has 6 nitrogen and oxygen atoms in total. The fourth-order valence-electron chi connectivity index (χ4n) is 2.48. The minimum atomic E-state index is -0.638. The van der Waals surface area contributed by atoms with Crippen LogP contribution in [0.3, 0.4) is 0 Å². The van der Waals surface area contributed by atoms with Gasteiger partial charge in [0.2, 0.25) is 0 Å². The predicted octanol–water partition coefficient (Wildman–Crippen LogP) is 3.23. The Labute approximate surface area is 149 Å². The maximum atomic E-state index is 12.8. The maximum absolute atomic E-state index is 12.8. The van der Waals surface area contributed by atoms with Gasteiger partial charge >= 0.3 is 0 Å². The normalized spacial score (nSPS) is 14.2. The van der Waals surface area contributed by atoms with Crippen LogP contribution in [0.2, 0.25) is 0 Å². The fourth-order valence-corrected chi connectivity index (χ4v) is 2.69. The molecule has 25 heavy (non-hydrogen) atoms. The van der Waals surface area contributed by atoms with Crippen LogP contribution in [0.25, 0.3) is 0 Å². The van der Waals surface area contributed by atoms with Crippen molar-refractivity contribution in [2.24, 2.45) is 0 Å². The molecule has 128 valence electrons. The number of imide groups is 1. The van der Waals surface area contributed by atoms with Crippen LogP contribution in [-0.4, -0.2) is 23.5 Å². The van der Waals surface area contributed by atoms with Crippen LogP contribution >= 0.6 is 11.6 Å². The molecule has 0 aliphatic carbocycles. The number of aromatic hydroxyl groups is 1. The van der Waals surface area contributed by atoms with Crippen LogP contribution in [-0.2, 0) is 9.59 Å². The highest BCUT2D eigenvalue weighted by atomic mass is 35.5. The standard InChI is InChI=1S/C18H15ClN2O4/c1-2-25-14-9-4-3-8-13(14)21-17(23)15(19)16(18(21)24)20-11-6-5-7-12(22)10-11/h3-10,20,22H,2H2,1H3. The summed E-state index contributed by atoms with van der Waals surface area (Å²) >= 11 is 6.09. The Kier molecular flexibility index (Phi) is 4.63. The van der Waals surface area contributed by atoms with Crippen molar-refractivity contribution in [1.82, 2.24) is 0 Å². The van der Waals surface area contributed by atoms with Gasteiger partial charge in [0.25, 0.3) is 11.8 Å². The molecule has 2 aromatic rings. The van der Waals surface area contributed by atoms with Gasteiger partial charge in [0, 0.05) is 11.8 Å². The molecule has 0 saturated heterocycles. The Bertz CT molecular complexity index is 879. The summed E-state index contributed by atoms with van der Waals surface area (Å²) in [7, 11) is 0. The molecule has 1 heterocycles. The summed E-state index contributed by atoms with van der Waals surface area (Å²) in [6.07, 6.45) is 0. The molecular formula is C18H15ClN2O4. The molecule has 0 unspecified atom stereocenters. The second-order valence-corrected chi connectivity index (χ2v) is 5.59. The maximum Gasteiger partial charge on any atom is 0.283 e. The smallest absolute Gasteiger partial charge is 0.283 e. The Balaban J connectivity index is 1.94. The molecule has 0 spiro atoms. The van der Waals surface area contributed by atoms with Crippen molar-refractivity contribution in [3.05, 3.63) is 59.3 Å². The quantitative estimate of drug-likeness (QED) is 0.802. The fraction of sp³-hybridized carbons (Fsp3) is 0.111. The zero-order valence-corrected chi connectivity index (χ0v) is 14.1. The van der Waals surface area contributed by atoms with E-state index in [-0.39, 0.29) is 16.5 Å². The van der Waals surface area contributed by atoms with Gasteiger partial charge in [-0.25, -0.2) is 4.90 Å². The zero-order chi connectivity index (χ0) is 18.0. The van der Waals surface area contributed by atoms with E-state index in [2.05, 4.69) is 5.32 Å². The first-order valence-electron chi connectivity index (χ1n) is 7.59. The average Bonchev–Trinajstić information content (AvgIpc) is 2.80. The summed E-state index contributed by atoms with van der Waals surface area (Å²) in [5.41, 5.74) is 0.711. The van der Waals surface area contributed by atoms with E-state index in [4.69, 9.17) is 16.3 Å². The monoisotopic (exact) mass is 358 g/mol. The molecular weight excluding hydrogens is 344 g/mol. The first-order valence-corrected chi connectivity index (χ1v) is 7.97. The number of carbonyl (C=O) groups excluding carboxylic acids is 2. The number of nitrogens with one attached hydrogen (secondary N) is 1. The largest absolute Gasteiger partial charge is 0.508 e. The molecule has 3 rings (SSSR count). The number of anilines is 2. The third kappa shape index (κ3) is 3.16. The Morgan fingerprint density at radius 1 is 1.12 bits per heavy atom. The van der Waals surface area contributed by atoms with E-state index in [0.29, 0.717) is 23.7 Å². The number of halogens is 1. The predicted molar refractivity (Wildman–Crippen MR) is 94.7 cm³/mol. The number of phenols is 1. The summed E-state index contributed by atoms with van der Waals surface area (Å²) in [5.74, 6) is -0.793. The molecule has 0 aromatic heterocycles. The van der Waals surface area contributed by atoms with Crippen LogP contribution in [0.5, 0.6) is 11.5 Å². The van der Waals surface area contributed by atoms with Crippen molar-refractivity contribution in [2.45, 2.75) is 6.92 Å². The van der Waals surface area contributed by atoms with E-state index in [1.54, 1.807) is 36.4 Å². The third-order valence-corrected chi connectivity index (χ3v) is 3.90. The minimum absolute atomic E-state index is 0.0250. The lowest BCUT2D eigenvalue weighted by Crippen LogP contribution is -2.32. The van der Waals surface area contributed by atoms with Crippen LogP contribution in [0.1, 0.15) is 6.92 Å². The van der Waals surface area contributed by atoms with Crippen molar-refractivity contribution in [3.8, 4) is 11.5 Å². The van der Waals surface area contributed by atoms with Crippen molar-refractivity contribution in [3.63, 3.8) is 0 Å². The van der Waals surface area contributed by atoms with Gasteiger partial charge in [0.15, 0.2) is 0 Å². The second-order valence-electron chi connectivity index (χ2n) is 5.21. The molecule has 7 heteroatoms. The summed E-state index contributed by atoms with van der Waals surface area (Å²) in [4.78, 5) is 26.2. The lowest BCUT2D eigenvalue weighted by Gasteiger charge is -2.18. The zero-order valence-electron chi connectivity index (χ0n) is 13.3. The number of hydrogen-bond acceptors (Lipinski definition) is 5. The highest BCUT2D eigenvalue weighted by Gasteiger charge is 2.40. The summed E-state index contributed by atoms with van der Waals surface area (Å²) in [6.45, 7) is 2.20. The number of nitrogens with zero attached hydrogens (tertiary/aromatic N) is 1. The number of para-hydroxylation sites is 2. The Hall–Kier alpha value is -2.99. The number of benzene rings is 2. The number of ether oxygens (including phenoxy) is 1. The number of amides is 2. The van der Waals surface area contributed by atoms with Crippen LogP contribution in [0.15, 0.2) is 59.3 Å². The summed E-state index contributed by atoms with van der Waals surface area (Å²) in [6, 6.07) is 12.9. The third-order valence-electron chi connectivity index (χ3n) is 3.55. The molecule has 0 atom stereocenters. The van der Waals surface area contributed by atoms with Crippen LogP contribution in [0.4, 0.5) is 11.4 Å². The van der Waals surface area contributed by atoms with Gasteiger partial charge < -0.3 is 15.2 Å². The van der Waals surface area contributed by atoms with E-state index in [1.807, 2.05) is 6.92 Å². The second kappa shape index (κ2) is 6.86. The molecule has 0 radical (unpaired) electrons. The minimum Gasteiger partial charge on any atom is -0.508 e. The van der Waals surface area contributed by atoms with Gasteiger partial charge in [-0.05, 0) is 31.2 Å². The molecule has 2 amide bonds. The molecule has 0 fully saturated rings. The summed E-state index contributed by atoms with van der Waals surface area (Å²) < 4.78 is 5.49. The molecule has 1 aliphatic heterocycles. The van der Waals surface area contributed by atoms with Gasteiger partial charge in [0.05, 0.1) is 12.3 Å². The van der Waals surface area contributed by atoms with Gasteiger partial charge in [-0.1, -0.05) is 29.8 Å². The van der Waals surface area contributed by atoms with Crippen LogP contribution in [0, 0.1) is 0 Å².